The summed E-state index contributed by atoms with van der Waals surface area (Å²) in [4.78, 5) is 17.5. The lowest BCUT2D eigenvalue weighted by Crippen LogP contribution is -2.32. The minimum absolute atomic E-state index is 0.00128. The standard InChI is InChI=1S/C23H23N5O3S2/c1-3-17-6-11-20-21(16-17)32-23(27(20)2)26-22(29)18-7-9-19(10-8-18)33(30,31)28(14-4-12-24)15-5-13-25/h6-11,16H,3-5,14-15H2,1-2H3. The van der Waals surface area contributed by atoms with Gasteiger partial charge >= 0.3 is 0 Å². The van der Waals surface area contributed by atoms with Gasteiger partial charge in [-0.3, -0.25) is 4.79 Å². The predicted molar refractivity (Wildman–Crippen MR) is 126 cm³/mol. The smallest absolute Gasteiger partial charge is 0.279 e. The van der Waals surface area contributed by atoms with E-state index in [4.69, 9.17) is 10.5 Å². The van der Waals surface area contributed by atoms with E-state index >= 15 is 0 Å². The Morgan fingerprint density at radius 3 is 2.30 bits per heavy atom. The Morgan fingerprint density at radius 1 is 1.09 bits per heavy atom. The largest absolute Gasteiger partial charge is 0.319 e. The Hall–Kier alpha value is -3.31. The topological polar surface area (TPSA) is 119 Å². The van der Waals surface area contributed by atoms with Crippen molar-refractivity contribution < 1.29 is 13.2 Å². The second-order valence-electron chi connectivity index (χ2n) is 7.26. The van der Waals surface area contributed by atoms with Crippen LogP contribution >= 0.6 is 11.3 Å². The second kappa shape index (κ2) is 10.5. The van der Waals surface area contributed by atoms with Gasteiger partial charge in [0, 0.05) is 38.5 Å². The van der Waals surface area contributed by atoms with E-state index in [-0.39, 0.29) is 36.4 Å². The Morgan fingerprint density at radius 2 is 1.73 bits per heavy atom. The molecule has 1 aromatic heterocycles. The maximum atomic E-state index is 12.9. The molecular weight excluding hydrogens is 458 g/mol. The summed E-state index contributed by atoms with van der Waals surface area (Å²) in [5.41, 5.74) is 2.46. The fraction of sp³-hybridized carbons (Fsp3) is 0.304. The first-order chi connectivity index (χ1) is 15.8. The highest BCUT2D eigenvalue weighted by atomic mass is 32.2. The summed E-state index contributed by atoms with van der Waals surface area (Å²) in [5, 5.41) is 17.6. The number of aromatic nitrogens is 1. The van der Waals surface area contributed by atoms with E-state index in [0.717, 1.165) is 20.9 Å². The summed E-state index contributed by atoms with van der Waals surface area (Å²) in [7, 11) is -2.04. The number of thiazole rings is 1. The van der Waals surface area contributed by atoms with E-state index in [2.05, 4.69) is 24.0 Å². The third-order valence-corrected chi connectivity index (χ3v) is 8.17. The van der Waals surface area contributed by atoms with Crippen LogP contribution in [0.15, 0.2) is 52.4 Å². The summed E-state index contributed by atoms with van der Waals surface area (Å²) >= 11 is 1.42. The number of amides is 1. The van der Waals surface area contributed by atoms with Crippen molar-refractivity contribution in [3.05, 3.63) is 58.4 Å². The molecule has 0 atom stereocenters. The van der Waals surface area contributed by atoms with Crippen molar-refractivity contribution in [2.24, 2.45) is 12.0 Å². The average Bonchev–Trinajstić information content (AvgIpc) is 3.13. The van der Waals surface area contributed by atoms with E-state index in [9.17, 15) is 13.2 Å². The van der Waals surface area contributed by atoms with Gasteiger partial charge in [0.25, 0.3) is 5.91 Å². The van der Waals surface area contributed by atoms with Crippen molar-refractivity contribution >= 4 is 37.5 Å². The molecule has 3 aromatic rings. The molecule has 0 bridgehead atoms. The van der Waals surface area contributed by atoms with Crippen LogP contribution in [0.5, 0.6) is 0 Å². The third-order valence-electron chi connectivity index (χ3n) is 5.16. The molecule has 1 amide bonds. The van der Waals surface area contributed by atoms with Gasteiger partial charge in [-0.1, -0.05) is 24.3 Å². The van der Waals surface area contributed by atoms with Crippen molar-refractivity contribution in [3.8, 4) is 12.1 Å². The summed E-state index contributed by atoms with van der Waals surface area (Å²) in [6.07, 6.45) is 0.959. The molecule has 0 aliphatic carbocycles. The molecule has 8 nitrogen and oxygen atoms in total. The van der Waals surface area contributed by atoms with Gasteiger partial charge in [0.2, 0.25) is 10.0 Å². The van der Waals surface area contributed by atoms with Gasteiger partial charge in [-0.15, -0.1) is 0 Å². The zero-order valence-electron chi connectivity index (χ0n) is 18.4. The predicted octanol–water partition coefficient (Wildman–Crippen LogP) is 3.36. The molecule has 0 fully saturated rings. The number of rotatable bonds is 8. The van der Waals surface area contributed by atoms with Gasteiger partial charge in [-0.25, -0.2) is 8.42 Å². The van der Waals surface area contributed by atoms with Crippen LogP contribution in [0, 0.1) is 22.7 Å². The minimum atomic E-state index is -3.89. The van der Waals surface area contributed by atoms with Gasteiger partial charge in [0.1, 0.15) is 0 Å². The lowest BCUT2D eigenvalue weighted by atomic mass is 10.2. The number of benzene rings is 2. The third kappa shape index (κ3) is 5.37. The van der Waals surface area contributed by atoms with Crippen molar-refractivity contribution in [1.82, 2.24) is 8.87 Å². The summed E-state index contributed by atoms with van der Waals surface area (Å²) < 4.78 is 29.8. The van der Waals surface area contributed by atoms with Gasteiger partial charge in [0.15, 0.2) is 4.80 Å². The first kappa shape index (κ1) is 24.3. The summed E-state index contributed by atoms with van der Waals surface area (Å²) in [6.45, 7) is 2.08. The lowest BCUT2D eigenvalue weighted by molar-refractivity contribution is 0.0998. The first-order valence-electron chi connectivity index (χ1n) is 10.3. The zero-order valence-corrected chi connectivity index (χ0v) is 20.0. The molecule has 10 heteroatoms. The van der Waals surface area contributed by atoms with Crippen molar-refractivity contribution in [1.29, 1.82) is 10.5 Å². The normalized spacial score (nSPS) is 12.1. The van der Waals surface area contributed by atoms with Crippen LogP contribution in [0.25, 0.3) is 10.2 Å². The van der Waals surface area contributed by atoms with Crippen LogP contribution in [0.1, 0.15) is 35.7 Å². The number of nitrogens with zero attached hydrogens (tertiary/aromatic N) is 5. The lowest BCUT2D eigenvalue weighted by Gasteiger charge is -2.20. The summed E-state index contributed by atoms with van der Waals surface area (Å²) in [5.74, 6) is -0.470. The van der Waals surface area contributed by atoms with Crippen LogP contribution in [0.2, 0.25) is 0 Å². The minimum Gasteiger partial charge on any atom is -0.319 e. The molecule has 0 aliphatic rings. The number of fused-ring (bicyclic) bond motifs is 1. The van der Waals surface area contributed by atoms with Gasteiger partial charge in [0.05, 0.1) is 27.3 Å². The summed E-state index contributed by atoms with van der Waals surface area (Å²) in [6, 6.07) is 15.5. The van der Waals surface area contributed by atoms with Gasteiger partial charge in [-0.2, -0.15) is 19.8 Å². The molecule has 0 N–H and O–H groups in total. The fourth-order valence-corrected chi connectivity index (χ4v) is 5.80. The molecule has 0 saturated heterocycles. The van der Waals surface area contributed by atoms with Crippen LogP contribution in [0.3, 0.4) is 0 Å². The van der Waals surface area contributed by atoms with Crippen molar-refractivity contribution in [3.63, 3.8) is 0 Å². The van der Waals surface area contributed by atoms with Crippen molar-refractivity contribution in [2.75, 3.05) is 13.1 Å². The molecule has 33 heavy (non-hydrogen) atoms. The highest BCUT2D eigenvalue weighted by Gasteiger charge is 2.24. The molecule has 0 unspecified atom stereocenters. The fourth-order valence-electron chi connectivity index (χ4n) is 3.28. The number of hydrogen-bond acceptors (Lipinski definition) is 6. The number of carbonyl (C=O) groups is 1. The number of carbonyl (C=O) groups excluding carboxylic acids is 1. The molecule has 0 saturated carbocycles. The Kier molecular flexibility index (Phi) is 7.77. The molecule has 0 aliphatic heterocycles. The molecule has 2 aromatic carbocycles. The molecule has 3 rings (SSSR count). The van der Waals surface area contributed by atoms with Crippen molar-refractivity contribution in [2.45, 2.75) is 31.1 Å². The van der Waals surface area contributed by atoms with Gasteiger partial charge in [-0.05, 0) is 48.4 Å². The maximum Gasteiger partial charge on any atom is 0.279 e. The SMILES string of the molecule is CCc1ccc2c(c1)sc(=NC(=O)c1ccc(S(=O)(=O)N(CCC#N)CCC#N)cc1)n2C. The Bertz CT molecular complexity index is 1400. The van der Waals surface area contributed by atoms with E-state index in [1.165, 1.54) is 41.2 Å². The quantitative estimate of drug-likeness (QED) is 0.489. The van der Waals surface area contributed by atoms with Crippen LogP contribution in [-0.2, 0) is 23.5 Å². The molecule has 170 valence electrons. The van der Waals surface area contributed by atoms with Crippen LogP contribution < -0.4 is 4.80 Å². The molecule has 0 radical (unpaired) electrons. The molecular formula is C23H23N5O3S2. The van der Waals surface area contributed by atoms with E-state index in [1.54, 1.807) is 0 Å². The number of aryl methyl sites for hydroxylation is 2. The van der Waals surface area contributed by atoms with Crippen LogP contribution in [0.4, 0.5) is 0 Å². The first-order valence-corrected chi connectivity index (χ1v) is 12.6. The number of nitriles is 2. The van der Waals surface area contributed by atoms with E-state index in [1.807, 2.05) is 29.8 Å². The highest BCUT2D eigenvalue weighted by molar-refractivity contribution is 7.89. The van der Waals surface area contributed by atoms with Crippen LogP contribution in [-0.4, -0.2) is 36.3 Å². The molecule has 1 heterocycles. The average molecular weight is 482 g/mol. The molecule has 0 spiro atoms. The Balaban J connectivity index is 1.88. The van der Waals surface area contributed by atoms with E-state index in [0.29, 0.717) is 4.80 Å². The van der Waals surface area contributed by atoms with Gasteiger partial charge < -0.3 is 4.57 Å². The second-order valence-corrected chi connectivity index (χ2v) is 10.2. The maximum absolute atomic E-state index is 12.9. The Labute approximate surface area is 196 Å². The number of sulfonamides is 1. The number of hydrogen-bond donors (Lipinski definition) is 0. The highest BCUT2D eigenvalue weighted by Crippen LogP contribution is 2.20. The van der Waals surface area contributed by atoms with E-state index < -0.39 is 15.9 Å². The monoisotopic (exact) mass is 481 g/mol. The zero-order chi connectivity index (χ0) is 24.0.